The first kappa shape index (κ1) is 13.8. The number of carbonyl (C=O) groups excluding carboxylic acids is 1. The fraction of sp³-hybridized carbons (Fsp3) is 0.500. The Morgan fingerprint density at radius 3 is 2.79 bits per heavy atom. The van der Waals surface area contributed by atoms with E-state index in [4.69, 9.17) is 10.5 Å². The number of carbonyl (C=O) groups is 1. The average molecular weight is 263 g/mol. The lowest BCUT2D eigenvalue weighted by Crippen LogP contribution is -2.48. The van der Waals surface area contributed by atoms with Crippen LogP contribution in [-0.4, -0.2) is 50.2 Å². The van der Waals surface area contributed by atoms with Crippen molar-refractivity contribution in [3.05, 3.63) is 24.3 Å². The van der Waals surface area contributed by atoms with Crippen molar-refractivity contribution in [1.29, 1.82) is 0 Å². The Hall–Kier alpha value is -1.59. The fourth-order valence-corrected chi connectivity index (χ4v) is 2.12. The first-order valence-corrected chi connectivity index (χ1v) is 6.52. The highest BCUT2D eigenvalue weighted by molar-refractivity contribution is 5.94. The summed E-state index contributed by atoms with van der Waals surface area (Å²) in [5.74, 6) is 0.0820. The Labute approximate surface area is 113 Å². The van der Waals surface area contributed by atoms with E-state index in [-0.39, 0.29) is 11.9 Å². The van der Waals surface area contributed by atoms with Gasteiger partial charge in [0.25, 0.3) is 0 Å². The summed E-state index contributed by atoms with van der Waals surface area (Å²) < 4.78 is 5.37. The van der Waals surface area contributed by atoms with Gasteiger partial charge in [0.15, 0.2) is 0 Å². The lowest BCUT2D eigenvalue weighted by atomic mass is 10.2. The lowest BCUT2D eigenvalue weighted by molar-refractivity contribution is -0.121. The molecule has 1 unspecified atom stereocenters. The third kappa shape index (κ3) is 3.45. The van der Waals surface area contributed by atoms with E-state index in [1.165, 1.54) is 0 Å². The Bertz CT molecular complexity index is 433. The molecule has 0 aromatic heterocycles. The molecule has 1 aromatic rings. The number of anilines is 2. The molecule has 19 heavy (non-hydrogen) atoms. The molecule has 104 valence electrons. The Morgan fingerprint density at radius 1 is 1.47 bits per heavy atom. The second-order valence-electron chi connectivity index (χ2n) is 4.94. The van der Waals surface area contributed by atoms with Gasteiger partial charge >= 0.3 is 0 Å². The molecular weight excluding hydrogens is 242 g/mol. The Balaban J connectivity index is 1.97. The van der Waals surface area contributed by atoms with Gasteiger partial charge in [-0.2, -0.15) is 0 Å². The zero-order chi connectivity index (χ0) is 13.8. The van der Waals surface area contributed by atoms with Crippen LogP contribution in [0.1, 0.15) is 6.92 Å². The zero-order valence-corrected chi connectivity index (χ0v) is 11.5. The summed E-state index contributed by atoms with van der Waals surface area (Å²) in [6.45, 7) is 4.70. The molecule has 1 fully saturated rings. The van der Waals surface area contributed by atoms with E-state index < -0.39 is 0 Å². The van der Waals surface area contributed by atoms with E-state index in [0.29, 0.717) is 25.4 Å². The molecule has 5 nitrogen and oxygen atoms in total. The number of rotatable bonds is 3. The second kappa shape index (κ2) is 6.04. The summed E-state index contributed by atoms with van der Waals surface area (Å²) in [5, 5.41) is 0. The van der Waals surface area contributed by atoms with Crippen molar-refractivity contribution in [2.75, 3.05) is 44.0 Å². The lowest BCUT2D eigenvalue weighted by Gasteiger charge is -2.33. The largest absolute Gasteiger partial charge is 0.399 e. The number of hydrogen-bond donors (Lipinski definition) is 1. The normalized spacial score (nSPS) is 20.2. The van der Waals surface area contributed by atoms with Crippen LogP contribution in [0.4, 0.5) is 11.4 Å². The first-order chi connectivity index (χ1) is 9.08. The predicted octanol–water partition coefficient (Wildman–Crippen LogP) is 0.952. The van der Waals surface area contributed by atoms with Crippen LogP contribution < -0.4 is 10.6 Å². The minimum absolute atomic E-state index is 0.0820. The van der Waals surface area contributed by atoms with Crippen LogP contribution in [0.15, 0.2) is 24.3 Å². The third-order valence-electron chi connectivity index (χ3n) is 3.50. The van der Waals surface area contributed by atoms with Gasteiger partial charge in [-0.05, 0) is 31.2 Å². The van der Waals surface area contributed by atoms with E-state index in [0.717, 1.165) is 12.2 Å². The molecule has 1 aromatic carbocycles. The maximum absolute atomic E-state index is 12.3. The SMILES string of the molecule is CC1COCCN1CC(=O)N(C)c1ccc(N)cc1. The number of nitrogens with zero attached hydrogens (tertiary/aromatic N) is 2. The van der Waals surface area contributed by atoms with Crippen molar-refractivity contribution in [3.8, 4) is 0 Å². The van der Waals surface area contributed by atoms with Crippen molar-refractivity contribution < 1.29 is 9.53 Å². The summed E-state index contributed by atoms with van der Waals surface area (Å²) in [4.78, 5) is 16.1. The Morgan fingerprint density at radius 2 is 2.16 bits per heavy atom. The van der Waals surface area contributed by atoms with Crippen molar-refractivity contribution in [1.82, 2.24) is 4.90 Å². The van der Waals surface area contributed by atoms with Crippen LogP contribution in [0.3, 0.4) is 0 Å². The predicted molar refractivity (Wildman–Crippen MR) is 76.1 cm³/mol. The monoisotopic (exact) mass is 263 g/mol. The topological polar surface area (TPSA) is 58.8 Å². The van der Waals surface area contributed by atoms with Gasteiger partial charge in [-0.25, -0.2) is 0 Å². The van der Waals surface area contributed by atoms with Gasteiger partial charge in [-0.15, -0.1) is 0 Å². The number of likely N-dealkylation sites (N-methyl/N-ethyl adjacent to an activating group) is 1. The summed E-state index contributed by atoms with van der Waals surface area (Å²) >= 11 is 0. The molecule has 1 aliphatic rings. The van der Waals surface area contributed by atoms with Crippen LogP contribution in [-0.2, 0) is 9.53 Å². The van der Waals surface area contributed by atoms with Gasteiger partial charge in [-0.3, -0.25) is 9.69 Å². The number of nitrogen functional groups attached to an aromatic ring is 1. The molecule has 0 bridgehead atoms. The molecule has 1 atom stereocenters. The molecule has 1 amide bonds. The first-order valence-electron chi connectivity index (χ1n) is 6.52. The van der Waals surface area contributed by atoms with Crippen LogP contribution in [0.25, 0.3) is 0 Å². The van der Waals surface area contributed by atoms with Crippen molar-refractivity contribution in [2.24, 2.45) is 0 Å². The molecule has 1 aliphatic heterocycles. The molecule has 5 heteroatoms. The average Bonchev–Trinajstić information content (AvgIpc) is 2.41. The Kier molecular flexibility index (Phi) is 4.39. The number of ether oxygens (including phenoxy) is 1. The van der Waals surface area contributed by atoms with Crippen molar-refractivity contribution in [2.45, 2.75) is 13.0 Å². The number of hydrogen-bond acceptors (Lipinski definition) is 4. The molecular formula is C14H21N3O2. The molecule has 2 rings (SSSR count). The molecule has 0 aliphatic carbocycles. The van der Waals surface area contributed by atoms with Crippen molar-refractivity contribution in [3.63, 3.8) is 0 Å². The number of benzene rings is 1. The molecule has 0 radical (unpaired) electrons. The maximum Gasteiger partial charge on any atom is 0.240 e. The number of nitrogens with two attached hydrogens (primary N) is 1. The summed E-state index contributed by atoms with van der Waals surface area (Å²) in [6, 6.07) is 7.61. The van der Waals surface area contributed by atoms with Crippen LogP contribution in [0, 0.1) is 0 Å². The van der Waals surface area contributed by atoms with Crippen molar-refractivity contribution >= 4 is 17.3 Å². The highest BCUT2D eigenvalue weighted by Gasteiger charge is 2.22. The number of morpholine rings is 1. The molecule has 0 saturated carbocycles. The standard InChI is InChI=1S/C14H21N3O2/c1-11-10-19-8-7-17(11)9-14(18)16(2)13-5-3-12(15)4-6-13/h3-6,11H,7-10,15H2,1-2H3. The van der Waals surface area contributed by atoms with Gasteiger partial charge in [0.05, 0.1) is 19.8 Å². The quantitative estimate of drug-likeness (QED) is 0.825. The minimum Gasteiger partial charge on any atom is -0.399 e. The zero-order valence-electron chi connectivity index (χ0n) is 11.5. The van der Waals surface area contributed by atoms with Gasteiger partial charge in [-0.1, -0.05) is 0 Å². The van der Waals surface area contributed by atoms with Crippen LogP contribution in [0.5, 0.6) is 0 Å². The molecule has 0 spiro atoms. The van der Waals surface area contributed by atoms with E-state index in [1.807, 2.05) is 12.1 Å². The highest BCUT2D eigenvalue weighted by Crippen LogP contribution is 2.15. The van der Waals surface area contributed by atoms with Gasteiger partial charge in [0, 0.05) is 31.0 Å². The van der Waals surface area contributed by atoms with Gasteiger partial charge in [0.2, 0.25) is 5.91 Å². The van der Waals surface area contributed by atoms with E-state index in [1.54, 1.807) is 24.1 Å². The molecule has 2 N–H and O–H groups in total. The third-order valence-corrected chi connectivity index (χ3v) is 3.50. The minimum atomic E-state index is 0.0820. The molecule has 1 heterocycles. The second-order valence-corrected chi connectivity index (χ2v) is 4.94. The maximum atomic E-state index is 12.3. The number of amides is 1. The van der Waals surface area contributed by atoms with Crippen LogP contribution >= 0.6 is 0 Å². The van der Waals surface area contributed by atoms with Gasteiger partial charge in [0.1, 0.15) is 0 Å². The summed E-state index contributed by atoms with van der Waals surface area (Å²) in [5.41, 5.74) is 7.21. The summed E-state index contributed by atoms with van der Waals surface area (Å²) in [6.07, 6.45) is 0. The van der Waals surface area contributed by atoms with E-state index in [9.17, 15) is 4.79 Å². The summed E-state index contributed by atoms with van der Waals surface area (Å²) in [7, 11) is 1.79. The highest BCUT2D eigenvalue weighted by atomic mass is 16.5. The molecule has 1 saturated heterocycles. The smallest absolute Gasteiger partial charge is 0.240 e. The van der Waals surface area contributed by atoms with E-state index >= 15 is 0 Å². The van der Waals surface area contributed by atoms with Gasteiger partial charge < -0.3 is 15.4 Å². The fourth-order valence-electron chi connectivity index (χ4n) is 2.12. The van der Waals surface area contributed by atoms with Crippen LogP contribution in [0.2, 0.25) is 0 Å². The van der Waals surface area contributed by atoms with E-state index in [2.05, 4.69) is 11.8 Å².